The molecule has 0 aromatic heterocycles. The molecule has 1 fully saturated rings. The number of likely N-dealkylation sites (tertiary alicyclic amines) is 1. The number of rotatable bonds is 3. The number of esters is 1. The van der Waals surface area contributed by atoms with Crippen molar-refractivity contribution >= 4 is 18.0 Å². The van der Waals surface area contributed by atoms with Crippen molar-refractivity contribution in [2.45, 2.75) is 25.8 Å². The monoisotopic (exact) mass is 273 g/mol. The zero-order valence-corrected chi connectivity index (χ0v) is 11.8. The van der Waals surface area contributed by atoms with Gasteiger partial charge >= 0.3 is 5.97 Å². The first-order valence-corrected chi connectivity index (χ1v) is 6.75. The zero-order chi connectivity index (χ0) is 14.5. The molecule has 4 nitrogen and oxygen atoms in total. The topological polar surface area (TPSA) is 46.6 Å². The average Bonchev–Trinajstić information content (AvgIpc) is 2.95. The van der Waals surface area contributed by atoms with E-state index in [1.165, 1.54) is 18.7 Å². The standard InChI is InChI=1S/C16H19NO3/c1-12-5-7-13(8-6-12)9-10-15(18)17-11-3-4-14(17)16(19)20-2/h5-10,14H,3-4,11H2,1-2H3. The second-order valence-corrected chi connectivity index (χ2v) is 4.96. The molecule has 1 aromatic rings. The number of aryl methyl sites for hydroxylation is 1. The Bertz CT molecular complexity index is 519. The van der Waals surface area contributed by atoms with Gasteiger partial charge in [0.1, 0.15) is 6.04 Å². The van der Waals surface area contributed by atoms with Crippen molar-refractivity contribution in [1.82, 2.24) is 4.90 Å². The highest BCUT2D eigenvalue weighted by atomic mass is 16.5. The molecule has 0 saturated carbocycles. The van der Waals surface area contributed by atoms with Crippen LogP contribution in [0.5, 0.6) is 0 Å². The van der Waals surface area contributed by atoms with Crippen molar-refractivity contribution < 1.29 is 14.3 Å². The molecule has 106 valence electrons. The van der Waals surface area contributed by atoms with Crippen molar-refractivity contribution in [3.8, 4) is 0 Å². The minimum atomic E-state index is -0.435. The number of hydrogen-bond acceptors (Lipinski definition) is 3. The van der Waals surface area contributed by atoms with E-state index in [1.54, 1.807) is 11.0 Å². The molecule has 1 atom stereocenters. The minimum absolute atomic E-state index is 0.140. The lowest BCUT2D eigenvalue weighted by Crippen LogP contribution is -2.40. The maximum Gasteiger partial charge on any atom is 0.328 e. The van der Waals surface area contributed by atoms with Crippen LogP contribution in [0, 0.1) is 6.92 Å². The van der Waals surface area contributed by atoms with Crippen molar-refractivity contribution in [2.75, 3.05) is 13.7 Å². The number of hydrogen-bond donors (Lipinski definition) is 0. The third-order valence-electron chi connectivity index (χ3n) is 3.50. The van der Waals surface area contributed by atoms with Gasteiger partial charge in [-0.3, -0.25) is 4.79 Å². The van der Waals surface area contributed by atoms with Crippen LogP contribution >= 0.6 is 0 Å². The molecular formula is C16H19NO3. The van der Waals surface area contributed by atoms with E-state index in [4.69, 9.17) is 4.74 Å². The molecule has 1 unspecified atom stereocenters. The largest absolute Gasteiger partial charge is 0.467 e. The fraction of sp³-hybridized carbons (Fsp3) is 0.375. The average molecular weight is 273 g/mol. The summed E-state index contributed by atoms with van der Waals surface area (Å²) in [6.07, 6.45) is 4.81. The Balaban J connectivity index is 2.04. The van der Waals surface area contributed by atoms with Crippen LogP contribution in [0.4, 0.5) is 0 Å². The Morgan fingerprint density at radius 2 is 2.00 bits per heavy atom. The molecular weight excluding hydrogens is 254 g/mol. The van der Waals surface area contributed by atoms with Gasteiger partial charge in [-0.25, -0.2) is 4.79 Å². The van der Waals surface area contributed by atoms with Crippen LogP contribution in [0.2, 0.25) is 0 Å². The van der Waals surface area contributed by atoms with Gasteiger partial charge in [-0.2, -0.15) is 0 Å². The van der Waals surface area contributed by atoms with E-state index in [-0.39, 0.29) is 11.9 Å². The molecule has 1 aromatic carbocycles. The van der Waals surface area contributed by atoms with Crippen LogP contribution in [0.1, 0.15) is 24.0 Å². The third kappa shape index (κ3) is 3.26. The maximum absolute atomic E-state index is 12.1. The van der Waals surface area contributed by atoms with E-state index < -0.39 is 6.04 Å². The summed E-state index contributed by atoms with van der Waals surface area (Å²) in [7, 11) is 1.35. The van der Waals surface area contributed by atoms with Crippen molar-refractivity contribution in [3.05, 3.63) is 41.5 Å². The third-order valence-corrected chi connectivity index (χ3v) is 3.50. The fourth-order valence-electron chi connectivity index (χ4n) is 2.35. The molecule has 1 aliphatic heterocycles. The molecule has 0 aliphatic carbocycles. The second-order valence-electron chi connectivity index (χ2n) is 4.96. The molecule has 4 heteroatoms. The molecule has 1 saturated heterocycles. The molecule has 0 bridgehead atoms. The summed E-state index contributed by atoms with van der Waals surface area (Å²) in [6.45, 7) is 2.63. The summed E-state index contributed by atoms with van der Waals surface area (Å²) in [5.41, 5.74) is 2.15. The van der Waals surface area contributed by atoms with Crippen molar-refractivity contribution in [1.29, 1.82) is 0 Å². The summed E-state index contributed by atoms with van der Waals surface area (Å²) >= 11 is 0. The predicted octanol–water partition coefficient (Wildman–Crippen LogP) is 2.17. The van der Waals surface area contributed by atoms with Crippen LogP contribution in [0.3, 0.4) is 0 Å². The number of nitrogens with zero attached hydrogens (tertiary/aromatic N) is 1. The number of carbonyl (C=O) groups excluding carboxylic acids is 2. The smallest absolute Gasteiger partial charge is 0.328 e. The molecule has 0 radical (unpaired) electrons. The molecule has 20 heavy (non-hydrogen) atoms. The number of methoxy groups -OCH3 is 1. The number of benzene rings is 1. The van der Waals surface area contributed by atoms with Gasteiger partial charge in [0.2, 0.25) is 5.91 Å². The Morgan fingerprint density at radius 1 is 1.30 bits per heavy atom. The van der Waals surface area contributed by atoms with Gasteiger partial charge in [0.05, 0.1) is 7.11 Å². The molecule has 0 N–H and O–H groups in total. The van der Waals surface area contributed by atoms with E-state index >= 15 is 0 Å². The number of carbonyl (C=O) groups is 2. The highest BCUT2D eigenvalue weighted by Gasteiger charge is 2.33. The number of ether oxygens (including phenoxy) is 1. The van der Waals surface area contributed by atoms with Crippen molar-refractivity contribution in [3.63, 3.8) is 0 Å². The lowest BCUT2D eigenvalue weighted by Gasteiger charge is -2.20. The summed E-state index contributed by atoms with van der Waals surface area (Å²) in [4.78, 5) is 25.3. The van der Waals surface area contributed by atoms with Crippen molar-refractivity contribution in [2.24, 2.45) is 0 Å². The Labute approximate surface area is 119 Å². The molecule has 1 aliphatic rings. The van der Waals surface area contributed by atoms with Gasteiger partial charge in [0.15, 0.2) is 0 Å². The fourth-order valence-corrected chi connectivity index (χ4v) is 2.35. The first kappa shape index (κ1) is 14.3. The second kappa shape index (κ2) is 6.37. The minimum Gasteiger partial charge on any atom is -0.467 e. The van der Waals surface area contributed by atoms with Gasteiger partial charge in [-0.1, -0.05) is 29.8 Å². The highest BCUT2D eigenvalue weighted by Crippen LogP contribution is 2.19. The first-order valence-electron chi connectivity index (χ1n) is 6.75. The zero-order valence-electron chi connectivity index (χ0n) is 11.8. The Morgan fingerprint density at radius 3 is 2.65 bits per heavy atom. The quantitative estimate of drug-likeness (QED) is 0.626. The summed E-state index contributed by atoms with van der Waals surface area (Å²) in [6, 6.07) is 7.48. The molecule has 2 rings (SSSR count). The van der Waals surface area contributed by atoms with Crippen LogP contribution in [-0.4, -0.2) is 36.5 Å². The first-order chi connectivity index (χ1) is 9.61. The summed E-state index contributed by atoms with van der Waals surface area (Å²) < 4.78 is 4.73. The lowest BCUT2D eigenvalue weighted by atomic mass is 10.1. The SMILES string of the molecule is COC(=O)C1CCCN1C(=O)C=Cc1ccc(C)cc1. The van der Waals surface area contributed by atoms with Gasteiger partial charge in [-0.05, 0) is 31.4 Å². The van der Waals surface area contributed by atoms with Crippen LogP contribution in [0.25, 0.3) is 6.08 Å². The molecule has 1 heterocycles. The van der Waals surface area contributed by atoms with E-state index in [1.807, 2.05) is 31.2 Å². The van der Waals surface area contributed by atoms with Crippen LogP contribution < -0.4 is 0 Å². The Kier molecular flexibility index (Phi) is 4.56. The van der Waals surface area contributed by atoms with E-state index in [0.29, 0.717) is 13.0 Å². The lowest BCUT2D eigenvalue weighted by molar-refractivity contribution is -0.149. The van der Waals surface area contributed by atoms with Gasteiger partial charge < -0.3 is 9.64 Å². The van der Waals surface area contributed by atoms with Gasteiger partial charge in [0.25, 0.3) is 0 Å². The van der Waals surface area contributed by atoms with E-state index in [0.717, 1.165) is 12.0 Å². The van der Waals surface area contributed by atoms with E-state index in [2.05, 4.69) is 0 Å². The molecule has 1 amide bonds. The maximum atomic E-state index is 12.1. The molecule has 0 spiro atoms. The summed E-state index contributed by atoms with van der Waals surface area (Å²) in [5.74, 6) is -0.474. The van der Waals surface area contributed by atoms with Crippen LogP contribution in [-0.2, 0) is 14.3 Å². The normalized spacial score (nSPS) is 18.5. The summed E-state index contributed by atoms with van der Waals surface area (Å²) in [5, 5.41) is 0. The number of amides is 1. The van der Waals surface area contributed by atoms with Gasteiger partial charge in [-0.15, -0.1) is 0 Å². The highest BCUT2D eigenvalue weighted by molar-refractivity contribution is 5.95. The van der Waals surface area contributed by atoms with E-state index in [9.17, 15) is 9.59 Å². The van der Waals surface area contributed by atoms with Gasteiger partial charge in [0, 0.05) is 12.6 Å². The predicted molar refractivity (Wildman–Crippen MR) is 77.0 cm³/mol. The van der Waals surface area contributed by atoms with Crippen LogP contribution in [0.15, 0.2) is 30.3 Å². The Hall–Kier alpha value is -2.10.